The SMILES string of the molecule is O=P1(c2ccc3ccccc3c2)c2ccccc2N(c2ccccc2)c2ccc(-c3cccc(-c4ccc5c6ccccc6c6ccccc6c5c4)c3)cc21. The summed E-state index contributed by atoms with van der Waals surface area (Å²) in [5, 5.41) is 12.3. The summed E-state index contributed by atoms with van der Waals surface area (Å²) in [5.41, 5.74) is 7.35. The molecule has 2 nitrogen and oxygen atoms in total. The Bertz CT molecular complexity index is 3170. The van der Waals surface area contributed by atoms with Gasteiger partial charge in [-0.15, -0.1) is 0 Å². The van der Waals surface area contributed by atoms with Crippen LogP contribution in [0.4, 0.5) is 17.1 Å². The molecule has 11 rings (SSSR count). The molecule has 0 N–H and O–H groups in total. The standard InChI is InChI=1S/C52H34NOP/c54-55(42-28-25-35-13-4-5-14-38(35)32-42)51-24-11-10-23-49(51)53(41-17-2-1-3-18-41)50-30-27-40(34-52(50)55)37-16-12-15-36(31-37)39-26-29-47-45-21-7-6-19-43(45)44-20-8-9-22-46(44)48(47)33-39/h1-34H. The normalized spacial score (nSPS) is 15.0. The number of fused-ring (bicyclic) bond motifs is 9. The number of hydrogen-bond acceptors (Lipinski definition) is 2. The van der Waals surface area contributed by atoms with Gasteiger partial charge in [0.1, 0.15) is 0 Å². The van der Waals surface area contributed by atoms with E-state index >= 15 is 4.57 Å². The minimum Gasteiger partial charge on any atom is -0.309 e. The number of nitrogens with zero attached hydrogens (tertiary/aromatic N) is 1. The van der Waals surface area contributed by atoms with Crippen LogP contribution in [0.25, 0.3) is 65.3 Å². The van der Waals surface area contributed by atoms with Gasteiger partial charge in [0.25, 0.3) is 0 Å². The summed E-state index contributed by atoms with van der Waals surface area (Å²) < 4.78 is 16.3. The third-order valence-electron chi connectivity index (χ3n) is 11.4. The lowest BCUT2D eigenvalue weighted by atomic mass is 9.91. The van der Waals surface area contributed by atoms with Crippen LogP contribution < -0.4 is 20.8 Å². The van der Waals surface area contributed by atoms with E-state index in [1.54, 1.807) is 0 Å². The van der Waals surface area contributed by atoms with Gasteiger partial charge in [0.2, 0.25) is 0 Å². The summed E-state index contributed by atoms with van der Waals surface area (Å²) in [6.45, 7) is 0. The molecule has 0 saturated heterocycles. The molecule has 258 valence electrons. The zero-order valence-electron chi connectivity index (χ0n) is 29.9. The molecule has 1 heterocycles. The van der Waals surface area contributed by atoms with Crippen molar-refractivity contribution in [1.82, 2.24) is 0 Å². The van der Waals surface area contributed by atoms with Crippen LogP contribution in [0.1, 0.15) is 0 Å². The lowest BCUT2D eigenvalue weighted by molar-refractivity contribution is 0.592. The minimum atomic E-state index is -3.34. The highest BCUT2D eigenvalue weighted by atomic mass is 31.2. The average Bonchev–Trinajstić information content (AvgIpc) is 3.26. The Labute approximate surface area is 319 Å². The molecule has 0 amide bonds. The predicted molar refractivity (Wildman–Crippen MR) is 235 cm³/mol. The maximum atomic E-state index is 16.3. The summed E-state index contributed by atoms with van der Waals surface area (Å²) in [4.78, 5) is 2.27. The topological polar surface area (TPSA) is 20.3 Å². The van der Waals surface area contributed by atoms with Gasteiger partial charge in [0.05, 0.1) is 11.4 Å². The molecule has 0 aromatic heterocycles. The van der Waals surface area contributed by atoms with E-state index < -0.39 is 7.14 Å². The van der Waals surface area contributed by atoms with E-state index in [2.05, 4.69) is 187 Å². The van der Waals surface area contributed by atoms with Gasteiger partial charge in [-0.05, 0) is 120 Å². The average molecular weight is 720 g/mol. The van der Waals surface area contributed by atoms with E-state index in [1.807, 2.05) is 24.3 Å². The second-order valence-corrected chi connectivity index (χ2v) is 17.1. The first-order valence-corrected chi connectivity index (χ1v) is 20.5. The highest BCUT2D eigenvalue weighted by Gasteiger charge is 2.41. The number of rotatable bonds is 4. The molecule has 10 aromatic carbocycles. The van der Waals surface area contributed by atoms with E-state index in [0.29, 0.717) is 0 Å². The zero-order valence-corrected chi connectivity index (χ0v) is 30.8. The van der Waals surface area contributed by atoms with Crippen LogP contribution in [0.2, 0.25) is 0 Å². The van der Waals surface area contributed by atoms with Gasteiger partial charge < -0.3 is 9.46 Å². The van der Waals surface area contributed by atoms with Crippen molar-refractivity contribution in [2.45, 2.75) is 0 Å². The van der Waals surface area contributed by atoms with Crippen molar-refractivity contribution in [2.75, 3.05) is 4.90 Å². The van der Waals surface area contributed by atoms with Crippen LogP contribution in [0, 0.1) is 0 Å². The number of hydrogen-bond donors (Lipinski definition) is 0. The monoisotopic (exact) mass is 719 g/mol. The van der Waals surface area contributed by atoms with Gasteiger partial charge in [-0.3, -0.25) is 0 Å². The fourth-order valence-corrected chi connectivity index (χ4v) is 11.8. The zero-order chi connectivity index (χ0) is 36.5. The van der Waals surface area contributed by atoms with Crippen LogP contribution in [-0.4, -0.2) is 0 Å². The third kappa shape index (κ3) is 4.92. The first-order valence-electron chi connectivity index (χ1n) is 18.8. The smallest absolute Gasteiger partial charge is 0.175 e. The molecule has 55 heavy (non-hydrogen) atoms. The lowest BCUT2D eigenvalue weighted by Gasteiger charge is -2.38. The predicted octanol–water partition coefficient (Wildman–Crippen LogP) is 13.1. The van der Waals surface area contributed by atoms with Crippen LogP contribution in [-0.2, 0) is 4.57 Å². The number of para-hydroxylation sites is 2. The quantitative estimate of drug-likeness (QED) is 0.133. The summed E-state index contributed by atoms with van der Waals surface area (Å²) in [6.07, 6.45) is 0. The maximum Gasteiger partial charge on any atom is 0.175 e. The Hall–Kier alpha value is -6.73. The fraction of sp³-hybridized carbons (Fsp3) is 0. The van der Waals surface area contributed by atoms with E-state index in [1.165, 1.54) is 37.9 Å². The second kappa shape index (κ2) is 12.4. The Balaban J connectivity index is 1.10. The van der Waals surface area contributed by atoms with Crippen LogP contribution in [0.3, 0.4) is 0 Å². The highest BCUT2D eigenvalue weighted by molar-refractivity contribution is 7.86. The van der Waals surface area contributed by atoms with E-state index in [9.17, 15) is 0 Å². The first-order chi connectivity index (χ1) is 27.1. The summed E-state index contributed by atoms with van der Waals surface area (Å²) in [7, 11) is -3.34. The van der Waals surface area contributed by atoms with E-state index in [-0.39, 0.29) is 0 Å². The molecule has 0 aliphatic carbocycles. The fourth-order valence-electron chi connectivity index (χ4n) is 8.79. The molecular formula is C52H34NOP. The van der Waals surface area contributed by atoms with Gasteiger partial charge in [-0.2, -0.15) is 0 Å². The number of anilines is 3. The Morgan fingerprint density at radius 3 is 1.62 bits per heavy atom. The minimum absolute atomic E-state index is 0.842. The van der Waals surface area contributed by atoms with Crippen molar-refractivity contribution in [2.24, 2.45) is 0 Å². The van der Waals surface area contributed by atoms with E-state index in [0.717, 1.165) is 60.4 Å². The second-order valence-electron chi connectivity index (χ2n) is 14.4. The summed E-state index contributed by atoms with van der Waals surface area (Å²) in [6, 6.07) is 72.9. The molecule has 0 radical (unpaired) electrons. The highest BCUT2D eigenvalue weighted by Crippen LogP contribution is 2.55. The van der Waals surface area contributed by atoms with Crippen molar-refractivity contribution in [1.29, 1.82) is 0 Å². The third-order valence-corrected chi connectivity index (χ3v) is 14.5. The molecule has 3 heteroatoms. The van der Waals surface area contributed by atoms with Crippen LogP contribution in [0.15, 0.2) is 206 Å². The molecule has 10 aromatic rings. The van der Waals surface area contributed by atoms with Crippen LogP contribution >= 0.6 is 7.14 Å². The molecule has 1 aliphatic rings. The van der Waals surface area contributed by atoms with Crippen LogP contribution in [0.5, 0.6) is 0 Å². The van der Waals surface area contributed by atoms with Crippen molar-refractivity contribution in [3.8, 4) is 22.3 Å². The van der Waals surface area contributed by atoms with Crippen molar-refractivity contribution >= 4 is 83.2 Å². The molecule has 1 atom stereocenters. The van der Waals surface area contributed by atoms with Crippen molar-refractivity contribution in [3.63, 3.8) is 0 Å². The molecule has 0 spiro atoms. The lowest BCUT2D eigenvalue weighted by Crippen LogP contribution is -2.36. The van der Waals surface area contributed by atoms with Gasteiger partial charge in [0.15, 0.2) is 7.14 Å². The molecule has 1 unspecified atom stereocenters. The largest absolute Gasteiger partial charge is 0.309 e. The summed E-state index contributed by atoms with van der Waals surface area (Å²) >= 11 is 0. The Kier molecular flexibility index (Phi) is 7.17. The van der Waals surface area contributed by atoms with Crippen molar-refractivity contribution < 1.29 is 4.57 Å². The maximum absolute atomic E-state index is 16.3. The molecule has 0 fully saturated rings. The Morgan fingerprint density at radius 2 is 0.873 bits per heavy atom. The van der Waals surface area contributed by atoms with Crippen molar-refractivity contribution in [3.05, 3.63) is 206 Å². The first kappa shape index (κ1) is 31.8. The van der Waals surface area contributed by atoms with Gasteiger partial charge in [-0.1, -0.05) is 152 Å². The molecular weight excluding hydrogens is 686 g/mol. The molecule has 1 aliphatic heterocycles. The van der Waals surface area contributed by atoms with Gasteiger partial charge in [-0.25, -0.2) is 0 Å². The Morgan fingerprint density at radius 1 is 0.327 bits per heavy atom. The van der Waals surface area contributed by atoms with Gasteiger partial charge >= 0.3 is 0 Å². The molecule has 0 bridgehead atoms. The number of benzene rings is 10. The summed E-state index contributed by atoms with van der Waals surface area (Å²) in [5.74, 6) is 0. The van der Waals surface area contributed by atoms with E-state index in [4.69, 9.17) is 0 Å². The molecule has 0 saturated carbocycles. The van der Waals surface area contributed by atoms with Gasteiger partial charge in [0, 0.05) is 21.6 Å².